The van der Waals surface area contributed by atoms with Crippen LogP contribution in [0.5, 0.6) is 0 Å². The van der Waals surface area contributed by atoms with Gasteiger partial charge < -0.3 is 4.74 Å². The molecule has 5 nitrogen and oxygen atoms in total. The van der Waals surface area contributed by atoms with E-state index < -0.39 is 28.0 Å². The lowest BCUT2D eigenvalue weighted by Crippen LogP contribution is -2.07. The molecule has 0 atom stereocenters. The van der Waals surface area contributed by atoms with E-state index in [1.807, 2.05) is 0 Å². The lowest BCUT2D eigenvalue weighted by Gasteiger charge is -2.06. The van der Waals surface area contributed by atoms with Crippen molar-refractivity contribution in [2.75, 3.05) is 7.11 Å². The number of methoxy groups -OCH3 is 1. The van der Waals surface area contributed by atoms with Crippen LogP contribution in [0, 0.1) is 15.9 Å². The number of benzene rings is 2. The minimum Gasteiger partial charge on any atom is -0.465 e. The molecule has 2 aromatic carbocycles. The van der Waals surface area contributed by atoms with Crippen LogP contribution >= 0.6 is 0 Å². The van der Waals surface area contributed by atoms with E-state index in [0.29, 0.717) is 5.56 Å². The molecular weight excluding hydrogens is 265 g/mol. The Morgan fingerprint density at radius 2 is 1.90 bits per heavy atom. The Bertz CT molecular complexity index is 670. The quantitative estimate of drug-likeness (QED) is 0.490. The molecule has 0 fully saturated rings. The Hall–Kier alpha value is -2.76. The highest BCUT2D eigenvalue weighted by Crippen LogP contribution is 2.30. The van der Waals surface area contributed by atoms with Crippen LogP contribution in [0.1, 0.15) is 10.4 Å². The van der Waals surface area contributed by atoms with Crippen LogP contribution in [0.25, 0.3) is 11.1 Å². The van der Waals surface area contributed by atoms with Crippen molar-refractivity contribution in [2.45, 2.75) is 0 Å². The van der Waals surface area contributed by atoms with Crippen LogP contribution in [0.4, 0.5) is 10.1 Å². The van der Waals surface area contributed by atoms with E-state index in [2.05, 4.69) is 4.74 Å². The number of esters is 1. The Labute approximate surface area is 113 Å². The Morgan fingerprint density at radius 3 is 2.45 bits per heavy atom. The number of carbonyl (C=O) groups excluding carboxylic acids is 1. The number of halogens is 1. The summed E-state index contributed by atoms with van der Waals surface area (Å²) in [6.45, 7) is 0. The monoisotopic (exact) mass is 275 g/mol. The summed E-state index contributed by atoms with van der Waals surface area (Å²) < 4.78 is 18.5. The van der Waals surface area contributed by atoms with E-state index in [1.54, 1.807) is 30.3 Å². The maximum atomic E-state index is 14.0. The molecule has 102 valence electrons. The van der Waals surface area contributed by atoms with Gasteiger partial charge in [-0.05, 0) is 11.6 Å². The third-order valence-corrected chi connectivity index (χ3v) is 2.77. The Morgan fingerprint density at radius 1 is 1.25 bits per heavy atom. The number of nitro benzene ring substituents is 1. The zero-order valence-electron chi connectivity index (χ0n) is 10.5. The summed E-state index contributed by atoms with van der Waals surface area (Å²) in [4.78, 5) is 21.7. The van der Waals surface area contributed by atoms with Gasteiger partial charge in [0.2, 0.25) is 0 Å². The van der Waals surface area contributed by atoms with Crippen LogP contribution in [0.15, 0.2) is 42.5 Å². The molecule has 2 aromatic rings. The molecule has 0 amide bonds. The number of rotatable bonds is 3. The van der Waals surface area contributed by atoms with Crippen LogP contribution in [-0.2, 0) is 4.74 Å². The van der Waals surface area contributed by atoms with E-state index in [-0.39, 0.29) is 5.56 Å². The van der Waals surface area contributed by atoms with E-state index in [9.17, 15) is 19.3 Å². The van der Waals surface area contributed by atoms with Gasteiger partial charge in [-0.15, -0.1) is 0 Å². The second-order valence-corrected chi connectivity index (χ2v) is 3.96. The molecule has 0 heterocycles. The standard InChI is InChI=1S/C14H10FNO4/c1-20-14(17)11-7-12(15)10(8-13(11)16(18)19)9-5-3-2-4-6-9/h2-8H,1H3. The number of nitrogens with zero attached hydrogens (tertiary/aromatic N) is 1. The van der Waals surface area contributed by atoms with Gasteiger partial charge in [0.15, 0.2) is 0 Å². The van der Waals surface area contributed by atoms with E-state index in [1.165, 1.54) is 0 Å². The van der Waals surface area contributed by atoms with Gasteiger partial charge in [0.05, 0.1) is 12.0 Å². The normalized spacial score (nSPS) is 10.1. The predicted octanol–water partition coefficient (Wildman–Crippen LogP) is 3.19. The summed E-state index contributed by atoms with van der Waals surface area (Å²) in [5, 5.41) is 11.0. The Kier molecular flexibility index (Phi) is 3.74. The summed E-state index contributed by atoms with van der Waals surface area (Å²) in [6, 6.07) is 10.2. The summed E-state index contributed by atoms with van der Waals surface area (Å²) in [5.41, 5.74) is -0.346. The molecular formula is C14H10FNO4. The van der Waals surface area contributed by atoms with E-state index in [4.69, 9.17) is 0 Å². The molecule has 20 heavy (non-hydrogen) atoms. The minimum absolute atomic E-state index is 0.0601. The molecule has 0 aromatic heterocycles. The van der Waals surface area contributed by atoms with Crippen molar-refractivity contribution in [3.05, 3.63) is 64.0 Å². The fourth-order valence-electron chi connectivity index (χ4n) is 1.83. The van der Waals surface area contributed by atoms with Crippen LogP contribution in [-0.4, -0.2) is 18.0 Å². The first-order valence-electron chi connectivity index (χ1n) is 5.66. The van der Waals surface area contributed by atoms with Crippen LogP contribution < -0.4 is 0 Å². The van der Waals surface area contributed by atoms with Gasteiger partial charge in [-0.2, -0.15) is 0 Å². The third kappa shape index (κ3) is 2.49. The number of hydrogen-bond donors (Lipinski definition) is 0. The van der Waals surface area contributed by atoms with Crippen LogP contribution in [0.3, 0.4) is 0 Å². The van der Waals surface area contributed by atoms with Crippen LogP contribution in [0.2, 0.25) is 0 Å². The molecule has 0 radical (unpaired) electrons. The van der Waals surface area contributed by atoms with E-state index in [0.717, 1.165) is 19.2 Å². The van der Waals surface area contributed by atoms with Gasteiger partial charge in [-0.3, -0.25) is 10.1 Å². The molecule has 2 rings (SSSR count). The molecule has 0 aliphatic rings. The van der Waals surface area contributed by atoms with Crippen molar-refractivity contribution < 1.29 is 18.8 Å². The zero-order chi connectivity index (χ0) is 14.7. The number of carbonyl (C=O) groups is 1. The second kappa shape index (κ2) is 5.48. The molecule has 0 bridgehead atoms. The summed E-state index contributed by atoms with van der Waals surface area (Å²) >= 11 is 0. The average Bonchev–Trinajstić information content (AvgIpc) is 2.46. The topological polar surface area (TPSA) is 69.4 Å². The van der Waals surface area contributed by atoms with Crippen molar-refractivity contribution >= 4 is 11.7 Å². The van der Waals surface area contributed by atoms with Crippen molar-refractivity contribution in [3.63, 3.8) is 0 Å². The molecule has 0 aliphatic heterocycles. The maximum Gasteiger partial charge on any atom is 0.344 e. The summed E-state index contributed by atoms with van der Waals surface area (Å²) in [5.74, 6) is -1.67. The molecule has 6 heteroatoms. The fraction of sp³-hybridized carbons (Fsp3) is 0.0714. The highest BCUT2D eigenvalue weighted by atomic mass is 19.1. The van der Waals surface area contributed by atoms with Gasteiger partial charge in [-0.25, -0.2) is 9.18 Å². The van der Waals surface area contributed by atoms with E-state index >= 15 is 0 Å². The minimum atomic E-state index is -0.949. The number of nitro groups is 1. The van der Waals surface area contributed by atoms with Gasteiger partial charge in [0.1, 0.15) is 11.4 Å². The van der Waals surface area contributed by atoms with Gasteiger partial charge in [0, 0.05) is 11.6 Å². The number of hydrogen-bond acceptors (Lipinski definition) is 4. The second-order valence-electron chi connectivity index (χ2n) is 3.96. The van der Waals surface area contributed by atoms with Crippen molar-refractivity contribution in [3.8, 4) is 11.1 Å². The molecule has 0 saturated heterocycles. The first-order valence-corrected chi connectivity index (χ1v) is 5.66. The predicted molar refractivity (Wildman–Crippen MR) is 69.8 cm³/mol. The highest BCUT2D eigenvalue weighted by Gasteiger charge is 2.24. The van der Waals surface area contributed by atoms with Gasteiger partial charge in [-0.1, -0.05) is 30.3 Å². The largest absolute Gasteiger partial charge is 0.465 e. The average molecular weight is 275 g/mol. The lowest BCUT2D eigenvalue weighted by molar-refractivity contribution is -0.385. The third-order valence-electron chi connectivity index (χ3n) is 2.77. The first kappa shape index (κ1) is 13.7. The van der Waals surface area contributed by atoms with Gasteiger partial charge in [0.25, 0.3) is 5.69 Å². The Balaban J connectivity index is 2.66. The molecule has 0 saturated carbocycles. The summed E-state index contributed by atoms with van der Waals surface area (Å²) in [7, 11) is 1.08. The van der Waals surface area contributed by atoms with Crippen molar-refractivity contribution in [1.82, 2.24) is 0 Å². The number of ether oxygens (including phenoxy) is 1. The SMILES string of the molecule is COC(=O)c1cc(F)c(-c2ccccc2)cc1[N+](=O)[O-]. The maximum absolute atomic E-state index is 14.0. The zero-order valence-corrected chi connectivity index (χ0v) is 10.5. The van der Waals surface area contributed by atoms with Gasteiger partial charge >= 0.3 is 5.97 Å². The lowest BCUT2D eigenvalue weighted by atomic mass is 10.0. The van der Waals surface area contributed by atoms with Crippen molar-refractivity contribution in [1.29, 1.82) is 0 Å². The highest BCUT2D eigenvalue weighted by molar-refractivity contribution is 5.95. The fourth-order valence-corrected chi connectivity index (χ4v) is 1.83. The smallest absolute Gasteiger partial charge is 0.344 e. The molecule has 0 N–H and O–H groups in total. The molecule has 0 spiro atoms. The molecule has 0 unspecified atom stereocenters. The molecule has 0 aliphatic carbocycles. The summed E-state index contributed by atoms with van der Waals surface area (Å²) in [6.07, 6.45) is 0. The first-order chi connectivity index (χ1) is 9.54. The van der Waals surface area contributed by atoms with Crippen molar-refractivity contribution in [2.24, 2.45) is 0 Å².